The Hall–Kier alpha value is -1.85. The molecular weight excluding hydrogens is 302 g/mol. The van der Waals surface area contributed by atoms with E-state index in [2.05, 4.69) is 15.5 Å². The number of nitrogens with one attached hydrogen (secondary N) is 2. The van der Waals surface area contributed by atoms with Crippen LogP contribution in [0.2, 0.25) is 5.02 Å². The monoisotopic (exact) mass is 319 g/mol. The van der Waals surface area contributed by atoms with E-state index < -0.39 is 0 Å². The second-order valence-corrected chi connectivity index (χ2v) is 6.08. The van der Waals surface area contributed by atoms with Crippen LogP contribution in [0.4, 0.5) is 0 Å². The van der Waals surface area contributed by atoms with Crippen molar-refractivity contribution >= 4 is 17.5 Å². The number of hydrogen-bond acceptors (Lipinski definition) is 3. The third-order valence-corrected chi connectivity index (χ3v) is 4.30. The molecule has 1 amide bonds. The molecule has 2 aromatic rings. The minimum Gasteiger partial charge on any atom is -0.393 e. The fourth-order valence-electron chi connectivity index (χ4n) is 2.78. The Bertz CT molecular complexity index is 646. The maximum absolute atomic E-state index is 12.5. The molecule has 1 fully saturated rings. The number of halogens is 1. The summed E-state index contributed by atoms with van der Waals surface area (Å²) in [6.07, 6.45) is 4.39. The third kappa shape index (κ3) is 3.31. The molecule has 0 saturated heterocycles. The summed E-state index contributed by atoms with van der Waals surface area (Å²) in [6, 6.07) is 7.38. The minimum absolute atomic E-state index is 0.115. The Morgan fingerprint density at radius 2 is 1.91 bits per heavy atom. The summed E-state index contributed by atoms with van der Waals surface area (Å²) in [6.45, 7) is 0. The molecule has 22 heavy (non-hydrogen) atoms. The van der Waals surface area contributed by atoms with Crippen molar-refractivity contribution in [1.82, 2.24) is 15.5 Å². The van der Waals surface area contributed by atoms with Crippen molar-refractivity contribution in [2.45, 2.75) is 37.8 Å². The van der Waals surface area contributed by atoms with Gasteiger partial charge in [0.1, 0.15) is 0 Å². The van der Waals surface area contributed by atoms with Gasteiger partial charge in [0, 0.05) is 16.6 Å². The molecule has 0 aliphatic heterocycles. The van der Waals surface area contributed by atoms with Gasteiger partial charge in [0.2, 0.25) is 0 Å². The minimum atomic E-state index is -0.230. The van der Waals surface area contributed by atoms with Crippen molar-refractivity contribution in [1.29, 1.82) is 0 Å². The van der Waals surface area contributed by atoms with Crippen molar-refractivity contribution in [2.24, 2.45) is 0 Å². The normalized spacial score (nSPS) is 21.5. The predicted molar refractivity (Wildman–Crippen MR) is 84.8 cm³/mol. The van der Waals surface area contributed by atoms with Gasteiger partial charge in [0.25, 0.3) is 5.91 Å². The van der Waals surface area contributed by atoms with Crippen LogP contribution in [0, 0.1) is 0 Å². The molecule has 0 unspecified atom stereocenters. The van der Waals surface area contributed by atoms with Gasteiger partial charge in [0.05, 0.1) is 23.6 Å². The molecule has 1 aromatic heterocycles. The summed E-state index contributed by atoms with van der Waals surface area (Å²) in [5.41, 5.74) is 2.07. The quantitative estimate of drug-likeness (QED) is 0.814. The fraction of sp³-hybridized carbons (Fsp3) is 0.375. The molecule has 6 heteroatoms. The average Bonchev–Trinajstić information content (AvgIpc) is 3.00. The lowest BCUT2D eigenvalue weighted by molar-refractivity contribution is 0.0868. The molecule has 1 heterocycles. The second-order valence-electron chi connectivity index (χ2n) is 5.64. The first kappa shape index (κ1) is 15.1. The molecule has 0 spiro atoms. The number of nitrogens with zero attached hydrogens (tertiary/aromatic N) is 1. The molecular formula is C16H18ClN3O2. The molecule has 1 aromatic carbocycles. The van der Waals surface area contributed by atoms with Gasteiger partial charge in [-0.15, -0.1) is 0 Å². The van der Waals surface area contributed by atoms with Crippen LogP contribution < -0.4 is 5.32 Å². The predicted octanol–water partition coefficient (Wildman–Crippen LogP) is 2.76. The van der Waals surface area contributed by atoms with Gasteiger partial charge in [-0.1, -0.05) is 23.7 Å². The van der Waals surface area contributed by atoms with Crippen molar-refractivity contribution in [3.8, 4) is 11.3 Å². The number of H-pyrrole nitrogens is 1. The Morgan fingerprint density at radius 3 is 2.59 bits per heavy atom. The average molecular weight is 320 g/mol. The van der Waals surface area contributed by atoms with E-state index >= 15 is 0 Å². The van der Waals surface area contributed by atoms with Crippen molar-refractivity contribution in [3.05, 3.63) is 41.0 Å². The van der Waals surface area contributed by atoms with Crippen LogP contribution in [0.25, 0.3) is 11.3 Å². The number of rotatable bonds is 3. The van der Waals surface area contributed by atoms with Crippen LogP contribution in [0.1, 0.15) is 36.0 Å². The van der Waals surface area contributed by atoms with E-state index in [1.807, 2.05) is 12.1 Å². The summed E-state index contributed by atoms with van der Waals surface area (Å²) >= 11 is 5.89. The van der Waals surface area contributed by atoms with Crippen LogP contribution in [0.5, 0.6) is 0 Å². The van der Waals surface area contributed by atoms with Crippen molar-refractivity contribution < 1.29 is 9.90 Å². The van der Waals surface area contributed by atoms with Gasteiger partial charge in [-0.25, -0.2) is 0 Å². The number of carbonyl (C=O) groups excluding carboxylic acids is 1. The number of aliphatic hydroxyl groups excluding tert-OH is 1. The largest absolute Gasteiger partial charge is 0.393 e. The van der Waals surface area contributed by atoms with E-state index in [1.54, 1.807) is 12.1 Å². The molecule has 0 atom stereocenters. The van der Waals surface area contributed by atoms with E-state index in [4.69, 9.17) is 11.6 Å². The third-order valence-electron chi connectivity index (χ3n) is 4.05. The van der Waals surface area contributed by atoms with Crippen LogP contribution in [0.3, 0.4) is 0 Å². The maximum atomic E-state index is 12.5. The highest BCUT2D eigenvalue weighted by Crippen LogP contribution is 2.24. The summed E-state index contributed by atoms with van der Waals surface area (Å²) < 4.78 is 0. The summed E-state index contributed by atoms with van der Waals surface area (Å²) in [5.74, 6) is -0.139. The smallest absolute Gasteiger partial charge is 0.255 e. The number of benzene rings is 1. The number of hydrogen-bond donors (Lipinski definition) is 3. The topological polar surface area (TPSA) is 78.0 Å². The van der Waals surface area contributed by atoms with E-state index in [9.17, 15) is 9.90 Å². The molecule has 5 nitrogen and oxygen atoms in total. The van der Waals surface area contributed by atoms with Gasteiger partial charge < -0.3 is 10.4 Å². The number of aromatic nitrogens is 2. The van der Waals surface area contributed by atoms with Crippen molar-refractivity contribution in [2.75, 3.05) is 0 Å². The SMILES string of the molecule is O=C(NC1CCC(O)CC1)c1cn[nH]c1-c1ccc(Cl)cc1. The maximum Gasteiger partial charge on any atom is 0.255 e. The van der Waals surface area contributed by atoms with Crippen molar-refractivity contribution in [3.63, 3.8) is 0 Å². The van der Waals surface area contributed by atoms with Crippen LogP contribution in [-0.2, 0) is 0 Å². The lowest BCUT2D eigenvalue weighted by Crippen LogP contribution is -2.38. The van der Waals surface area contributed by atoms with Gasteiger partial charge >= 0.3 is 0 Å². The highest BCUT2D eigenvalue weighted by molar-refractivity contribution is 6.30. The van der Waals surface area contributed by atoms with Gasteiger partial charge in [0.15, 0.2) is 0 Å². The van der Waals surface area contributed by atoms with Gasteiger partial charge in [-0.2, -0.15) is 5.10 Å². The van der Waals surface area contributed by atoms with Gasteiger partial charge in [-0.3, -0.25) is 9.89 Å². The van der Waals surface area contributed by atoms with E-state index in [-0.39, 0.29) is 18.1 Å². The van der Waals surface area contributed by atoms with E-state index in [1.165, 1.54) is 6.20 Å². The molecule has 0 radical (unpaired) electrons. The zero-order valence-electron chi connectivity index (χ0n) is 12.1. The summed E-state index contributed by atoms with van der Waals surface area (Å²) in [5, 5.41) is 20.1. The Balaban J connectivity index is 1.74. The molecule has 3 rings (SSSR count). The standard InChI is InChI=1S/C16H18ClN3O2/c17-11-3-1-10(2-4-11)15-14(9-18-20-15)16(22)19-12-5-7-13(21)8-6-12/h1-4,9,12-13,21H,5-8H2,(H,18,20)(H,19,22). The molecule has 1 aliphatic carbocycles. The molecule has 3 N–H and O–H groups in total. The molecule has 116 valence electrons. The molecule has 1 aliphatic rings. The first-order valence-electron chi connectivity index (χ1n) is 7.41. The lowest BCUT2D eigenvalue weighted by atomic mass is 9.93. The first-order chi connectivity index (χ1) is 10.6. The second kappa shape index (κ2) is 6.50. The van der Waals surface area contributed by atoms with Crippen LogP contribution in [0.15, 0.2) is 30.5 Å². The van der Waals surface area contributed by atoms with Gasteiger partial charge in [-0.05, 0) is 37.8 Å². The Kier molecular flexibility index (Phi) is 4.45. The van der Waals surface area contributed by atoms with Crippen LogP contribution in [-0.4, -0.2) is 33.4 Å². The Labute approximate surface area is 133 Å². The molecule has 1 saturated carbocycles. The number of aromatic amines is 1. The molecule has 0 bridgehead atoms. The highest BCUT2D eigenvalue weighted by Gasteiger charge is 2.23. The zero-order chi connectivity index (χ0) is 15.5. The fourth-order valence-corrected chi connectivity index (χ4v) is 2.90. The highest BCUT2D eigenvalue weighted by atomic mass is 35.5. The van der Waals surface area contributed by atoms with E-state index in [0.717, 1.165) is 31.2 Å². The zero-order valence-corrected chi connectivity index (χ0v) is 12.8. The number of carbonyl (C=O) groups is 1. The number of amides is 1. The summed E-state index contributed by atoms with van der Waals surface area (Å²) in [7, 11) is 0. The van der Waals surface area contributed by atoms with E-state index in [0.29, 0.717) is 16.3 Å². The van der Waals surface area contributed by atoms with Crippen LogP contribution >= 0.6 is 11.6 Å². The summed E-state index contributed by atoms with van der Waals surface area (Å²) in [4.78, 5) is 12.5. The number of aliphatic hydroxyl groups is 1. The first-order valence-corrected chi connectivity index (χ1v) is 7.79. The lowest BCUT2D eigenvalue weighted by Gasteiger charge is -2.26. The Morgan fingerprint density at radius 1 is 1.23 bits per heavy atom.